The van der Waals surface area contributed by atoms with Crippen LogP contribution < -0.4 is 4.90 Å². The Bertz CT molecular complexity index is 746. The number of rotatable bonds is 4. The molecule has 1 aliphatic rings. The first-order chi connectivity index (χ1) is 11.1. The van der Waals surface area contributed by atoms with E-state index in [1.807, 2.05) is 12.1 Å². The molecule has 1 N–H and O–H groups in total. The van der Waals surface area contributed by atoms with Gasteiger partial charge in [0.15, 0.2) is 0 Å². The third kappa shape index (κ3) is 3.01. The summed E-state index contributed by atoms with van der Waals surface area (Å²) in [5.74, 6) is -0.958. The Morgan fingerprint density at radius 3 is 2.78 bits per heavy atom. The smallest absolute Gasteiger partial charge is 0.335 e. The van der Waals surface area contributed by atoms with Crippen LogP contribution in [0, 0.1) is 6.92 Å². The fraction of sp³-hybridized carbons (Fsp3) is 0.235. The number of carbonyl (C=O) groups is 2. The van der Waals surface area contributed by atoms with E-state index >= 15 is 0 Å². The van der Waals surface area contributed by atoms with Crippen LogP contribution >= 0.6 is 0 Å². The van der Waals surface area contributed by atoms with Crippen LogP contribution in [0.25, 0.3) is 0 Å². The zero-order chi connectivity index (χ0) is 16.4. The number of aryl methyl sites for hydroxylation is 1. The molecule has 0 radical (unpaired) electrons. The average Bonchev–Trinajstić information content (AvgIpc) is 2.89. The van der Waals surface area contributed by atoms with Crippen molar-refractivity contribution in [3.63, 3.8) is 0 Å². The molecule has 0 bridgehead atoms. The van der Waals surface area contributed by atoms with Crippen molar-refractivity contribution >= 4 is 17.7 Å². The number of anilines is 1. The number of aromatic nitrogens is 1. The van der Waals surface area contributed by atoms with Crippen LogP contribution in [0.4, 0.5) is 10.5 Å². The quantitative estimate of drug-likeness (QED) is 0.941. The van der Waals surface area contributed by atoms with Gasteiger partial charge in [0.1, 0.15) is 0 Å². The SMILES string of the molecule is Cc1cc(N2CCN(Cc3cccnc3)C2=O)ccc1C(=O)O. The van der Waals surface area contributed by atoms with E-state index in [0.29, 0.717) is 25.2 Å². The van der Waals surface area contributed by atoms with Gasteiger partial charge in [0.25, 0.3) is 0 Å². The number of benzene rings is 1. The lowest BCUT2D eigenvalue weighted by Crippen LogP contribution is -2.31. The number of carboxylic acid groups (broad SMARTS) is 1. The van der Waals surface area contributed by atoms with Crippen LogP contribution in [-0.2, 0) is 6.54 Å². The lowest BCUT2D eigenvalue weighted by Gasteiger charge is -2.19. The van der Waals surface area contributed by atoms with Crippen LogP contribution in [0.2, 0.25) is 0 Å². The predicted molar refractivity (Wildman–Crippen MR) is 85.5 cm³/mol. The molecule has 2 heterocycles. The molecular formula is C17H17N3O3. The second kappa shape index (κ2) is 6.08. The van der Waals surface area contributed by atoms with E-state index in [0.717, 1.165) is 11.3 Å². The molecule has 0 spiro atoms. The Balaban J connectivity index is 1.76. The van der Waals surface area contributed by atoms with Crippen molar-refractivity contribution in [3.8, 4) is 0 Å². The van der Waals surface area contributed by atoms with Crippen LogP contribution in [0.5, 0.6) is 0 Å². The van der Waals surface area contributed by atoms with Crippen molar-refractivity contribution in [2.24, 2.45) is 0 Å². The van der Waals surface area contributed by atoms with Crippen molar-refractivity contribution in [3.05, 3.63) is 59.4 Å². The molecule has 1 aliphatic heterocycles. The summed E-state index contributed by atoms with van der Waals surface area (Å²) in [5.41, 5.74) is 2.62. The highest BCUT2D eigenvalue weighted by atomic mass is 16.4. The van der Waals surface area contributed by atoms with Crippen LogP contribution in [0.15, 0.2) is 42.7 Å². The van der Waals surface area contributed by atoms with E-state index in [2.05, 4.69) is 4.98 Å². The summed E-state index contributed by atoms with van der Waals surface area (Å²) in [6, 6.07) is 8.69. The van der Waals surface area contributed by atoms with Crippen LogP contribution in [0.3, 0.4) is 0 Å². The van der Waals surface area contributed by atoms with Crippen LogP contribution in [-0.4, -0.2) is 40.1 Å². The Kier molecular flexibility index (Phi) is 3.97. The molecule has 0 atom stereocenters. The minimum Gasteiger partial charge on any atom is -0.478 e. The predicted octanol–water partition coefficient (Wildman–Crippen LogP) is 2.53. The maximum Gasteiger partial charge on any atom is 0.335 e. The molecule has 1 fully saturated rings. The number of pyridine rings is 1. The molecule has 0 unspecified atom stereocenters. The molecule has 23 heavy (non-hydrogen) atoms. The number of urea groups is 1. The molecular weight excluding hydrogens is 294 g/mol. The maximum atomic E-state index is 12.6. The molecule has 118 valence electrons. The Labute approximate surface area is 134 Å². The standard InChI is InChI=1S/C17H17N3O3/c1-12-9-14(4-5-15(12)16(21)22)20-8-7-19(17(20)23)11-13-3-2-6-18-10-13/h2-6,9-10H,7-8,11H2,1H3,(H,21,22). The molecule has 2 amide bonds. The van der Waals surface area contributed by atoms with Crippen molar-refractivity contribution < 1.29 is 14.7 Å². The first-order valence-electron chi connectivity index (χ1n) is 7.35. The third-order valence-electron chi connectivity index (χ3n) is 3.94. The van der Waals surface area contributed by atoms with Gasteiger partial charge in [-0.05, 0) is 42.3 Å². The number of hydrogen-bond donors (Lipinski definition) is 1. The molecule has 1 aromatic carbocycles. The lowest BCUT2D eigenvalue weighted by molar-refractivity contribution is 0.0696. The van der Waals surface area contributed by atoms with Crippen molar-refractivity contribution in [1.29, 1.82) is 0 Å². The number of nitrogens with zero attached hydrogens (tertiary/aromatic N) is 3. The highest BCUT2D eigenvalue weighted by Crippen LogP contribution is 2.24. The largest absolute Gasteiger partial charge is 0.478 e. The minimum atomic E-state index is -0.958. The molecule has 2 aromatic rings. The van der Waals surface area contributed by atoms with Gasteiger partial charge >= 0.3 is 12.0 Å². The highest BCUT2D eigenvalue weighted by Gasteiger charge is 2.29. The Morgan fingerprint density at radius 2 is 2.13 bits per heavy atom. The number of carbonyl (C=O) groups excluding carboxylic acids is 1. The lowest BCUT2D eigenvalue weighted by atomic mass is 10.1. The van der Waals surface area contributed by atoms with Gasteiger partial charge in [-0.2, -0.15) is 0 Å². The topological polar surface area (TPSA) is 73.7 Å². The number of amides is 2. The second-order valence-corrected chi connectivity index (χ2v) is 5.52. The molecule has 1 saturated heterocycles. The average molecular weight is 311 g/mol. The van der Waals surface area contributed by atoms with Gasteiger partial charge in [-0.25, -0.2) is 9.59 Å². The van der Waals surface area contributed by atoms with Gasteiger partial charge in [0.2, 0.25) is 0 Å². The first-order valence-corrected chi connectivity index (χ1v) is 7.35. The molecule has 6 nitrogen and oxygen atoms in total. The maximum absolute atomic E-state index is 12.6. The van der Waals surface area contributed by atoms with Gasteiger partial charge in [0.05, 0.1) is 5.56 Å². The summed E-state index contributed by atoms with van der Waals surface area (Å²) >= 11 is 0. The fourth-order valence-corrected chi connectivity index (χ4v) is 2.74. The Hall–Kier alpha value is -2.89. The molecule has 3 rings (SSSR count). The second-order valence-electron chi connectivity index (χ2n) is 5.52. The van der Waals surface area contributed by atoms with E-state index in [1.165, 1.54) is 0 Å². The number of carboxylic acids is 1. The van der Waals surface area contributed by atoms with Gasteiger partial charge in [-0.1, -0.05) is 6.07 Å². The number of hydrogen-bond acceptors (Lipinski definition) is 3. The summed E-state index contributed by atoms with van der Waals surface area (Å²) < 4.78 is 0. The summed E-state index contributed by atoms with van der Waals surface area (Å²) in [6.07, 6.45) is 3.45. The van der Waals surface area contributed by atoms with Gasteiger partial charge in [-0.15, -0.1) is 0 Å². The van der Waals surface area contributed by atoms with E-state index in [4.69, 9.17) is 5.11 Å². The van der Waals surface area contributed by atoms with Crippen molar-refractivity contribution in [2.45, 2.75) is 13.5 Å². The summed E-state index contributed by atoms with van der Waals surface area (Å²) in [7, 11) is 0. The first kappa shape index (κ1) is 15.0. The summed E-state index contributed by atoms with van der Waals surface area (Å²) in [6.45, 7) is 3.48. The van der Waals surface area contributed by atoms with E-state index in [-0.39, 0.29) is 11.6 Å². The Morgan fingerprint density at radius 1 is 1.30 bits per heavy atom. The summed E-state index contributed by atoms with van der Waals surface area (Å²) in [5, 5.41) is 9.09. The van der Waals surface area contributed by atoms with Crippen molar-refractivity contribution in [1.82, 2.24) is 9.88 Å². The molecule has 0 aliphatic carbocycles. The van der Waals surface area contributed by atoms with E-state index < -0.39 is 5.97 Å². The highest BCUT2D eigenvalue weighted by molar-refractivity contribution is 5.95. The van der Waals surface area contributed by atoms with E-state index in [1.54, 1.807) is 47.3 Å². The fourth-order valence-electron chi connectivity index (χ4n) is 2.74. The molecule has 0 saturated carbocycles. The van der Waals surface area contributed by atoms with E-state index in [9.17, 15) is 9.59 Å². The molecule has 1 aromatic heterocycles. The van der Waals surface area contributed by atoms with Crippen molar-refractivity contribution in [2.75, 3.05) is 18.0 Å². The normalized spacial score (nSPS) is 14.4. The van der Waals surface area contributed by atoms with Gasteiger partial charge < -0.3 is 10.0 Å². The van der Waals surface area contributed by atoms with Crippen LogP contribution in [0.1, 0.15) is 21.5 Å². The minimum absolute atomic E-state index is 0.0728. The monoisotopic (exact) mass is 311 g/mol. The summed E-state index contributed by atoms with van der Waals surface area (Å²) in [4.78, 5) is 31.1. The number of aromatic carboxylic acids is 1. The van der Waals surface area contributed by atoms with Gasteiger partial charge in [0, 0.05) is 37.7 Å². The third-order valence-corrected chi connectivity index (χ3v) is 3.94. The molecule has 6 heteroatoms. The zero-order valence-electron chi connectivity index (χ0n) is 12.8. The zero-order valence-corrected chi connectivity index (χ0v) is 12.8. The van der Waals surface area contributed by atoms with Gasteiger partial charge in [-0.3, -0.25) is 9.88 Å².